The average molecular weight is 226 g/mol. The molecule has 1 aromatic rings. The van der Waals surface area contributed by atoms with Gasteiger partial charge in [0, 0.05) is 17.7 Å². The van der Waals surface area contributed by atoms with Crippen LogP contribution in [-0.2, 0) is 0 Å². The molecule has 0 radical (unpaired) electrons. The van der Waals surface area contributed by atoms with Gasteiger partial charge in [-0.1, -0.05) is 31.9 Å². The summed E-state index contributed by atoms with van der Waals surface area (Å²) in [5.41, 5.74) is 6.72. The minimum atomic E-state index is 0.0920. The van der Waals surface area contributed by atoms with Crippen LogP contribution in [0.15, 0.2) is 18.2 Å². The van der Waals surface area contributed by atoms with Crippen LogP contribution in [0.25, 0.3) is 0 Å². The predicted molar refractivity (Wildman–Crippen MR) is 64.3 cm³/mol. The molecule has 0 saturated carbocycles. The van der Waals surface area contributed by atoms with Crippen LogP contribution in [0.5, 0.6) is 0 Å². The standard InChI is InChI=1S/C12H16ClNO/c1-3-8(2)6-12(15)10-5-4-9(14)7-11(10)13/h4-5,7-8H,3,6,14H2,1-2H3. The summed E-state index contributed by atoms with van der Waals surface area (Å²) in [6.07, 6.45) is 1.54. The lowest BCUT2D eigenvalue weighted by atomic mass is 9.98. The van der Waals surface area contributed by atoms with E-state index in [9.17, 15) is 4.79 Å². The highest BCUT2D eigenvalue weighted by molar-refractivity contribution is 6.34. The molecule has 3 heteroatoms. The Hall–Kier alpha value is -1.02. The second kappa shape index (κ2) is 5.17. The first-order chi connectivity index (χ1) is 7.04. The third-order valence-corrected chi connectivity index (χ3v) is 2.84. The van der Waals surface area contributed by atoms with Crippen molar-refractivity contribution in [3.05, 3.63) is 28.8 Å². The predicted octanol–water partition coefficient (Wildman–Crippen LogP) is 3.54. The lowest BCUT2D eigenvalue weighted by Crippen LogP contribution is -2.06. The third-order valence-electron chi connectivity index (χ3n) is 2.52. The molecule has 1 atom stereocenters. The van der Waals surface area contributed by atoms with Crippen LogP contribution in [0.3, 0.4) is 0 Å². The number of benzene rings is 1. The molecule has 0 aromatic heterocycles. The zero-order valence-corrected chi connectivity index (χ0v) is 9.84. The third kappa shape index (κ3) is 3.24. The fourth-order valence-electron chi connectivity index (χ4n) is 1.33. The zero-order chi connectivity index (χ0) is 11.4. The molecular formula is C12H16ClNO. The van der Waals surface area contributed by atoms with Crippen molar-refractivity contribution >= 4 is 23.1 Å². The molecule has 0 saturated heterocycles. The molecule has 0 aliphatic rings. The topological polar surface area (TPSA) is 43.1 Å². The largest absolute Gasteiger partial charge is 0.399 e. The number of carbonyl (C=O) groups is 1. The quantitative estimate of drug-likeness (QED) is 0.629. The van der Waals surface area contributed by atoms with Gasteiger partial charge in [-0.2, -0.15) is 0 Å². The maximum absolute atomic E-state index is 11.8. The molecule has 0 aliphatic carbocycles. The first kappa shape index (κ1) is 12.1. The summed E-state index contributed by atoms with van der Waals surface area (Å²) >= 11 is 5.95. The van der Waals surface area contributed by atoms with Gasteiger partial charge in [-0.15, -0.1) is 0 Å². The lowest BCUT2D eigenvalue weighted by molar-refractivity contribution is 0.0964. The van der Waals surface area contributed by atoms with Gasteiger partial charge >= 0.3 is 0 Å². The number of carbonyl (C=O) groups excluding carboxylic acids is 1. The molecule has 1 rings (SSSR count). The number of ketones is 1. The highest BCUT2D eigenvalue weighted by Crippen LogP contribution is 2.22. The summed E-state index contributed by atoms with van der Waals surface area (Å²) in [5.74, 6) is 0.487. The molecule has 0 aliphatic heterocycles. The summed E-state index contributed by atoms with van der Waals surface area (Å²) in [6, 6.07) is 5.02. The number of nitrogens with two attached hydrogens (primary N) is 1. The van der Waals surface area contributed by atoms with E-state index in [2.05, 4.69) is 13.8 Å². The summed E-state index contributed by atoms with van der Waals surface area (Å²) in [5, 5.41) is 0.448. The first-order valence-electron chi connectivity index (χ1n) is 5.12. The second-order valence-corrected chi connectivity index (χ2v) is 4.29. The van der Waals surface area contributed by atoms with Crippen molar-refractivity contribution in [2.75, 3.05) is 5.73 Å². The van der Waals surface area contributed by atoms with Gasteiger partial charge < -0.3 is 5.73 Å². The van der Waals surface area contributed by atoms with Gasteiger partial charge in [0.25, 0.3) is 0 Å². The maximum Gasteiger partial charge on any atom is 0.164 e. The molecule has 0 amide bonds. The fraction of sp³-hybridized carbons (Fsp3) is 0.417. The van der Waals surface area contributed by atoms with E-state index in [-0.39, 0.29) is 5.78 Å². The van der Waals surface area contributed by atoms with E-state index in [4.69, 9.17) is 17.3 Å². The smallest absolute Gasteiger partial charge is 0.164 e. The van der Waals surface area contributed by atoms with E-state index < -0.39 is 0 Å². The van der Waals surface area contributed by atoms with Crippen molar-refractivity contribution in [3.63, 3.8) is 0 Å². The monoisotopic (exact) mass is 225 g/mol. The number of hydrogen-bond acceptors (Lipinski definition) is 2. The van der Waals surface area contributed by atoms with Gasteiger partial charge in [0.05, 0.1) is 5.02 Å². The molecule has 0 fully saturated rings. The Bertz CT molecular complexity index is 363. The van der Waals surface area contributed by atoms with Crippen LogP contribution in [0.4, 0.5) is 5.69 Å². The molecule has 0 heterocycles. The molecule has 82 valence electrons. The van der Waals surface area contributed by atoms with E-state index in [1.807, 2.05) is 0 Å². The van der Waals surface area contributed by atoms with Gasteiger partial charge in [0.15, 0.2) is 5.78 Å². The number of rotatable bonds is 4. The Morgan fingerprint density at radius 2 is 2.20 bits per heavy atom. The first-order valence-corrected chi connectivity index (χ1v) is 5.50. The maximum atomic E-state index is 11.8. The Labute approximate surface area is 95.4 Å². The van der Waals surface area contributed by atoms with Crippen molar-refractivity contribution < 1.29 is 4.79 Å². The van der Waals surface area contributed by atoms with Gasteiger partial charge in [0.2, 0.25) is 0 Å². The Morgan fingerprint density at radius 3 is 2.73 bits per heavy atom. The second-order valence-electron chi connectivity index (χ2n) is 3.88. The molecule has 1 unspecified atom stereocenters. The number of nitrogen functional groups attached to an aromatic ring is 1. The molecule has 2 N–H and O–H groups in total. The number of halogens is 1. The highest BCUT2D eigenvalue weighted by atomic mass is 35.5. The van der Waals surface area contributed by atoms with Crippen LogP contribution >= 0.6 is 11.6 Å². The molecule has 15 heavy (non-hydrogen) atoms. The summed E-state index contributed by atoms with van der Waals surface area (Å²) < 4.78 is 0. The minimum absolute atomic E-state index is 0.0920. The molecular weight excluding hydrogens is 210 g/mol. The van der Waals surface area contributed by atoms with E-state index in [1.54, 1.807) is 18.2 Å². The number of hydrogen-bond donors (Lipinski definition) is 1. The van der Waals surface area contributed by atoms with Gasteiger partial charge in [-0.25, -0.2) is 0 Å². The lowest BCUT2D eigenvalue weighted by Gasteiger charge is -2.08. The average Bonchev–Trinajstić information content (AvgIpc) is 2.17. The molecule has 0 spiro atoms. The van der Waals surface area contributed by atoms with Crippen molar-refractivity contribution in [3.8, 4) is 0 Å². The minimum Gasteiger partial charge on any atom is -0.399 e. The normalized spacial score (nSPS) is 12.5. The molecule has 2 nitrogen and oxygen atoms in total. The van der Waals surface area contributed by atoms with Crippen molar-refractivity contribution in [2.45, 2.75) is 26.7 Å². The Morgan fingerprint density at radius 1 is 1.53 bits per heavy atom. The zero-order valence-electron chi connectivity index (χ0n) is 9.09. The van der Waals surface area contributed by atoms with Gasteiger partial charge in [0.1, 0.15) is 0 Å². The van der Waals surface area contributed by atoms with E-state index in [1.165, 1.54) is 0 Å². The summed E-state index contributed by atoms with van der Waals surface area (Å²) in [4.78, 5) is 11.8. The Balaban J connectivity index is 2.82. The molecule has 0 bridgehead atoms. The van der Waals surface area contributed by atoms with Gasteiger partial charge in [-0.05, 0) is 24.1 Å². The van der Waals surface area contributed by atoms with Crippen LogP contribution in [0.1, 0.15) is 37.0 Å². The van der Waals surface area contributed by atoms with Crippen molar-refractivity contribution in [2.24, 2.45) is 5.92 Å². The highest BCUT2D eigenvalue weighted by Gasteiger charge is 2.13. The Kier molecular flexibility index (Phi) is 4.15. The summed E-state index contributed by atoms with van der Waals surface area (Å²) in [7, 11) is 0. The summed E-state index contributed by atoms with van der Waals surface area (Å²) in [6.45, 7) is 4.13. The van der Waals surface area contributed by atoms with Crippen LogP contribution in [-0.4, -0.2) is 5.78 Å². The van der Waals surface area contributed by atoms with Crippen molar-refractivity contribution in [1.29, 1.82) is 0 Å². The van der Waals surface area contributed by atoms with Crippen LogP contribution < -0.4 is 5.73 Å². The van der Waals surface area contributed by atoms with E-state index in [0.29, 0.717) is 28.6 Å². The van der Waals surface area contributed by atoms with E-state index in [0.717, 1.165) is 6.42 Å². The SMILES string of the molecule is CCC(C)CC(=O)c1ccc(N)cc1Cl. The van der Waals surface area contributed by atoms with E-state index >= 15 is 0 Å². The number of anilines is 1. The molecule has 1 aromatic carbocycles. The van der Waals surface area contributed by atoms with Gasteiger partial charge in [-0.3, -0.25) is 4.79 Å². The van der Waals surface area contributed by atoms with Crippen LogP contribution in [0, 0.1) is 5.92 Å². The van der Waals surface area contributed by atoms with Crippen LogP contribution in [0.2, 0.25) is 5.02 Å². The fourth-order valence-corrected chi connectivity index (χ4v) is 1.62. The number of Topliss-reactive ketones (excluding diaryl/α,β-unsaturated/α-hetero) is 1. The van der Waals surface area contributed by atoms with Crippen molar-refractivity contribution in [1.82, 2.24) is 0 Å².